The third-order valence-electron chi connectivity index (χ3n) is 6.09. The van der Waals surface area contributed by atoms with Gasteiger partial charge in [-0.25, -0.2) is 4.98 Å². The lowest BCUT2D eigenvalue weighted by molar-refractivity contribution is -0.151. The molecule has 0 unspecified atom stereocenters. The summed E-state index contributed by atoms with van der Waals surface area (Å²) in [6.45, 7) is 3.57. The smallest absolute Gasteiger partial charge is 0.309 e. The van der Waals surface area contributed by atoms with Crippen molar-refractivity contribution in [2.45, 2.75) is 39.0 Å². The maximum Gasteiger partial charge on any atom is 0.309 e. The van der Waals surface area contributed by atoms with Gasteiger partial charge in [-0.3, -0.25) is 4.79 Å². The van der Waals surface area contributed by atoms with Gasteiger partial charge in [-0.2, -0.15) is 0 Å². The van der Waals surface area contributed by atoms with Gasteiger partial charge in [-0.05, 0) is 49.8 Å². The molecule has 1 N–H and O–H groups in total. The molecule has 4 rings (SSSR count). The molecule has 1 aromatic carbocycles. The lowest BCUT2D eigenvalue weighted by Gasteiger charge is -2.39. The summed E-state index contributed by atoms with van der Waals surface area (Å²) in [5.74, 6) is 1.71. The quantitative estimate of drug-likeness (QED) is 0.878. The minimum Gasteiger partial charge on any atom is -0.494 e. The van der Waals surface area contributed by atoms with Crippen molar-refractivity contribution in [3.63, 3.8) is 0 Å². The Morgan fingerprint density at radius 2 is 2.08 bits per heavy atom. The number of hydrogen-bond donors (Lipinski definition) is 1. The van der Waals surface area contributed by atoms with Crippen LogP contribution in [0.15, 0.2) is 24.3 Å². The van der Waals surface area contributed by atoms with E-state index in [0.29, 0.717) is 18.8 Å². The number of benzene rings is 1. The van der Waals surface area contributed by atoms with Crippen molar-refractivity contribution >= 4 is 22.7 Å². The predicted octanol–water partition coefficient (Wildman–Crippen LogP) is 4.02. The van der Waals surface area contributed by atoms with Crippen LogP contribution in [0.25, 0.3) is 10.9 Å². The van der Waals surface area contributed by atoms with Crippen molar-refractivity contribution in [2.24, 2.45) is 11.3 Å². The van der Waals surface area contributed by atoms with Gasteiger partial charge < -0.3 is 14.7 Å². The number of aliphatic carboxylic acids is 1. The molecule has 0 atom stereocenters. The molecule has 0 amide bonds. The Balaban J connectivity index is 1.60. The van der Waals surface area contributed by atoms with Gasteiger partial charge >= 0.3 is 5.97 Å². The molecule has 2 aliphatic rings. The minimum atomic E-state index is -0.617. The zero-order valence-corrected chi connectivity index (χ0v) is 15.5. The van der Waals surface area contributed by atoms with E-state index in [1.165, 1.54) is 12.8 Å². The van der Waals surface area contributed by atoms with Crippen LogP contribution in [0.3, 0.4) is 0 Å². The Morgan fingerprint density at radius 1 is 1.35 bits per heavy atom. The molecule has 0 spiro atoms. The Kier molecular flexibility index (Phi) is 4.25. The fourth-order valence-corrected chi connectivity index (χ4v) is 4.24. The average molecular weight is 354 g/mol. The van der Waals surface area contributed by atoms with Gasteiger partial charge in [0.1, 0.15) is 17.1 Å². The van der Waals surface area contributed by atoms with Gasteiger partial charge in [-0.1, -0.05) is 25.0 Å². The summed E-state index contributed by atoms with van der Waals surface area (Å²) in [5.41, 5.74) is 1.50. The van der Waals surface area contributed by atoms with Gasteiger partial charge in [0, 0.05) is 18.5 Å². The molecular weight excluding hydrogens is 328 g/mol. The van der Waals surface area contributed by atoms with E-state index in [4.69, 9.17) is 9.72 Å². The number of aromatic nitrogens is 1. The molecule has 1 aliphatic carbocycles. The molecule has 5 heteroatoms. The number of para-hydroxylation sites is 1. The van der Waals surface area contributed by atoms with Crippen LogP contribution in [-0.2, 0) is 4.79 Å². The fourth-order valence-electron chi connectivity index (χ4n) is 4.24. The number of hydrogen-bond acceptors (Lipinski definition) is 4. The third kappa shape index (κ3) is 3.00. The topological polar surface area (TPSA) is 62.7 Å². The number of carbonyl (C=O) groups is 1. The van der Waals surface area contributed by atoms with Crippen molar-refractivity contribution in [1.82, 2.24) is 4.98 Å². The van der Waals surface area contributed by atoms with Crippen LogP contribution in [-0.4, -0.2) is 36.3 Å². The van der Waals surface area contributed by atoms with Crippen LogP contribution in [0, 0.1) is 18.3 Å². The van der Waals surface area contributed by atoms with E-state index >= 15 is 0 Å². The Labute approximate surface area is 154 Å². The minimum absolute atomic E-state index is 0.540. The highest BCUT2D eigenvalue weighted by atomic mass is 16.5. The zero-order chi connectivity index (χ0) is 18.3. The van der Waals surface area contributed by atoms with Crippen LogP contribution < -0.4 is 9.64 Å². The van der Waals surface area contributed by atoms with Gasteiger partial charge in [0.25, 0.3) is 0 Å². The van der Waals surface area contributed by atoms with Crippen molar-refractivity contribution in [2.75, 3.05) is 25.1 Å². The van der Waals surface area contributed by atoms with Crippen molar-refractivity contribution in [1.29, 1.82) is 0 Å². The Bertz CT molecular complexity index is 837. The number of anilines is 1. The molecule has 2 fully saturated rings. The third-order valence-corrected chi connectivity index (χ3v) is 6.09. The first kappa shape index (κ1) is 17.1. The average Bonchev–Trinajstić information content (AvgIpc) is 3.45. The first-order chi connectivity index (χ1) is 12.5. The van der Waals surface area contributed by atoms with Crippen LogP contribution >= 0.6 is 0 Å². The first-order valence-electron chi connectivity index (χ1n) is 9.45. The molecule has 0 bridgehead atoms. The summed E-state index contributed by atoms with van der Waals surface area (Å²) in [7, 11) is 1.67. The zero-order valence-electron chi connectivity index (χ0n) is 15.5. The standard InChI is InChI=1S/C21H26N2O3/c1-14-12-18(22-19-16(14)4-3-5-17(19)26-2)23-10-8-21(9-11-23,20(24)25)13-15-6-7-15/h3-5,12,15H,6-11,13H2,1-2H3,(H,24,25). The van der Waals surface area contributed by atoms with Crippen LogP contribution in [0.4, 0.5) is 5.82 Å². The summed E-state index contributed by atoms with van der Waals surface area (Å²) in [6, 6.07) is 8.08. The summed E-state index contributed by atoms with van der Waals surface area (Å²) in [6.07, 6.45) is 4.63. The number of rotatable bonds is 5. The Morgan fingerprint density at radius 3 is 2.69 bits per heavy atom. The lowest BCUT2D eigenvalue weighted by Crippen LogP contribution is -2.45. The monoisotopic (exact) mass is 354 g/mol. The highest BCUT2D eigenvalue weighted by Gasteiger charge is 2.45. The van der Waals surface area contributed by atoms with Gasteiger partial charge in [0.05, 0.1) is 12.5 Å². The van der Waals surface area contributed by atoms with E-state index in [9.17, 15) is 9.90 Å². The number of carboxylic acid groups (broad SMARTS) is 1. The van der Waals surface area contributed by atoms with Crippen molar-refractivity contribution < 1.29 is 14.6 Å². The highest BCUT2D eigenvalue weighted by molar-refractivity contribution is 5.89. The summed E-state index contributed by atoms with van der Waals surface area (Å²) in [4.78, 5) is 19.0. The molecule has 1 saturated carbocycles. The molecule has 1 saturated heterocycles. The van der Waals surface area contributed by atoms with Crippen LogP contribution in [0.1, 0.15) is 37.7 Å². The fraction of sp³-hybridized carbons (Fsp3) is 0.524. The summed E-state index contributed by atoms with van der Waals surface area (Å²) < 4.78 is 5.48. The molecule has 1 aromatic heterocycles. The van der Waals surface area contributed by atoms with Gasteiger partial charge in [-0.15, -0.1) is 0 Å². The second-order valence-corrected chi connectivity index (χ2v) is 7.87. The second-order valence-electron chi connectivity index (χ2n) is 7.87. The molecule has 2 aromatic rings. The number of methoxy groups -OCH3 is 1. The normalized spacial score (nSPS) is 19.5. The maximum atomic E-state index is 11.9. The molecule has 2 heterocycles. The Hall–Kier alpha value is -2.30. The lowest BCUT2D eigenvalue weighted by atomic mass is 9.74. The van der Waals surface area contributed by atoms with E-state index in [0.717, 1.165) is 47.5 Å². The molecule has 0 radical (unpaired) electrons. The SMILES string of the molecule is COc1cccc2c(C)cc(N3CCC(CC4CC4)(C(=O)O)CC3)nc12. The number of pyridine rings is 1. The predicted molar refractivity (Wildman–Crippen MR) is 102 cm³/mol. The highest BCUT2D eigenvalue weighted by Crippen LogP contribution is 2.46. The number of nitrogens with zero attached hydrogens (tertiary/aromatic N) is 2. The number of aryl methyl sites for hydroxylation is 1. The molecule has 26 heavy (non-hydrogen) atoms. The van der Waals surface area contributed by atoms with Gasteiger partial charge in [0.15, 0.2) is 0 Å². The number of fused-ring (bicyclic) bond motifs is 1. The van der Waals surface area contributed by atoms with E-state index in [1.807, 2.05) is 12.1 Å². The van der Waals surface area contributed by atoms with E-state index in [2.05, 4.69) is 24.0 Å². The van der Waals surface area contributed by atoms with E-state index < -0.39 is 11.4 Å². The van der Waals surface area contributed by atoms with Crippen molar-refractivity contribution in [3.05, 3.63) is 29.8 Å². The molecule has 138 valence electrons. The molecule has 1 aliphatic heterocycles. The second kappa shape index (κ2) is 6.45. The summed E-state index contributed by atoms with van der Waals surface area (Å²) >= 11 is 0. The molecule has 5 nitrogen and oxygen atoms in total. The number of carboxylic acids is 1. The van der Waals surface area contributed by atoms with E-state index in [-0.39, 0.29) is 0 Å². The molecular formula is C21H26N2O3. The van der Waals surface area contributed by atoms with Crippen LogP contribution in [0.2, 0.25) is 0 Å². The number of ether oxygens (including phenoxy) is 1. The van der Waals surface area contributed by atoms with Crippen LogP contribution in [0.5, 0.6) is 5.75 Å². The summed E-state index contributed by atoms with van der Waals surface area (Å²) in [5, 5.41) is 10.9. The number of piperidine rings is 1. The van der Waals surface area contributed by atoms with Crippen molar-refractivity contribution in [3.8, 4) is 5.75 Å². The first-order valence-corrected chi connectivity index (χ1v) is 9.45. The maximum absolute atomic E-state index is 11.9. The largest absolute Gasteiger partial charge is 0.494 e. The van der Waals surface area contributed by atoms with Gasteiger partial charge in [0.2, 0.25) is 0 Å². The van der Waals surface area contributed by atoms with E-state index in [1.54, 1.807) is 7.11 Å².